The number of hydrogen-bond acceptors (Lipinski definition) is 6. The Balaban J connectivity index is 1.45. The standard InChI is InChI=1S/C18H17N5O2S2/c1-2-16-20-12-10-11(5-6-13(12)25-16)19-15(24)7-8-23-17(21-22-18(23)26)14-4-3-9-27-14/h3-6,9-10H,2,7-8H2,1H3,(H,19,24)(H,22,26). The first kappa shape index (κ1) is 17.6. The number of rotatable bonds is 6. The van der Waals surface area contributed by atoms with Gasteiger partial charge in [-0.2, -0.15) is 5.10 Å². The molecular formula is C18H17N5O2S2. The van der Waals surface area contributed by atoms with Gasteiger partial charge in [0, 0.05) is 25.1 Å². The van der Waals surface area contributed by atoms with Gasteiger partial charge in [-0.25, -0.2) is 4.98 Å². The number of nitrogens with zero attached hydrogens (tertiary/aromatic N) is 3. The summed E-state index contributed by atoms with van der Waals surface area (Å²) in [5, 5.41) is 12.0. The van der Waals surface area contributed by atoms with Gasteiger partial charge in [0.1, 0.15) is 5.52 Å². The minimum atomic E-state index is -0.103. The third-order valence-electron chi connectivity index (χ3n) is 4.08. The van der Waals surface area contributed by atoms with E-state index in [-0.39, 0.29) is 12.3 Å². The van der Waals surface area contributed by atoms with Gasteiger partial charge in [-0.15, -0.1) is 11.3 Å². The molecule has 0 aliphatic carbocycles. The molecule has 4 aromatic rings. The van der Waals surface area contributed by atoms with Gasteiger partial charge >= 0.3 is 0 Å². The highest BCUT2D eigenvalue weighted by molar-refractivity contribution is 7.71. The first-order valence-corrected chi connectivity index (χ1v) is 9.81. The lowest BCUT2D eigenvalue weighted by molar-refractivity contribution is -0.116. The van der Waals surface area contributed by atoms with Gasteiger partial charge < -0.3 is 9.73 Å². The minimum absolute atomic E-state index is 0.103. The van der Waals surface area contributed by atoms with Crippen LogP contribution in [0.25, 0.3) is 21.8 Å². The highest BCUT2D eigenvalue weighted by atomic mass is 32.1. The predicted octanol–water partition coefficient (Wildman–Crippen LogP) is 4.40. The van der Waals surface area contributed by atoms with Crippen LogP contribution in [0, 0.1) is 4.77 Å². The second-order valence-corrected chi connectivity index (χ2v) is 7.26. The molecule has 0 unspecified atom stereocenters. The fraction of sp³-hybridized carbons (Fsp3) is 0.222. The van der Waals surface area contributed by atoms with Crippen molar-refractivity contribution >= 4 is 46.2 Å². The van der Waals surface area contributed by atoms with Gasteiger partial charge in [-0.1, -0.05) is 13.0 Å². The molecule has 7 nitrogen and oxygen atoms in total. The molecule has 3 heterocycles. The first-order chi connectivity index (χ1) is 13.1. The third kappa shape index (κ3) is 3.69. The number of fused-ring (bicyclic) bond motifs is 1. The number of H-pyrrole nitrogens is 1. The topological polar surface area (TPSA) is 88.7 Å². The van der Waals surface area contributed by atoms with Crippen molar-refractivity contribution < 1.29 is 9.21 Å². The van der Waals surface area contributed by atoms with Crippen LogP contribution >= 0.6 is 23.6 Å². The van der Waals surface area contributed by atoms with E-state index in [9.17, 15) is 4.79 Å². The van der Waals surface area contributed by atoms with Gasteiger partial charge in [0.25, 0.3) is 0 Å². The monoisotopic (exact) mass is 399 g/mol. The van der Waals surface area contributed by atoms with E-state index in [4.69, 9.17) is 16.6 Å². The minimum Gasteiger partial charge on any atom is -0.441 e. The van der Waals surface area contributed by atoms with E-state index in [0.717, 1.165) is 28.2 Å². The zero-order chi connectivity index (χ0) is 18.8. The Kier molecular flexibility index (Phi) is 4.87. The average molecular weight is 400 g/mol. The summed E-state index contributed by atoms with van der Waals surface area (Å²) in [4.78, 5) is 17.8. The maximum Gasteiger partial charge on any atom is 0.226 e. The van der Waals surface area contributed by atoms with Crippen LogP contribution in [0.1, 0.15) is 19.2 Å². The molecule has 3 aromatic heterocycles. The molecule has 0 bridgehead atoms. The molecule has 0 saturated heterocycles. The number of amides is 1. The number of anilines is 1. The molecule has 0 atom stereocenters. The van der Waals surface area contributed by atoms with Gasteiger partial charge in [0.15, 0.2) is 22.1 Å². The zero-order valence-corrected chi connectivity index (χ0v) is 16.2. The van der Waals surface area contributed by atoms with Crippen LogP contribution in [0.15, 0.2) is 40.1 Å². The Morgan fingerprint density at radius 1 is 1.41 bits per heavy atom. The molecule has 0 saturated carbocycles. The maximum absolute atomic E-state index is 12.4. The van der Waals surface area contributed by atoms with Crippen molar-refractivity contribution in [1.29, 1.82) is 0 Å². The number of benzene rings is 1. The van der Waals surface area contributed by atoms with E-state index in [1.165, 1.54) is 0 Å². The van der Waals surface area contributed by atoms with Crippen molar-refractivity contribution in [3.63, 3.8) is 0 Å². The molecule has 0 radical (unpaired) electrons. The Bertz CT molecular complexity index is 1140. The van der Waals surface area contributed by atoms with Gasteiger partial charge in [0.2, 0.25) is 5.91 Å². The number of nitrogens with one attached hydrogen (secondary N) is 2. The quantitative estimate of drug-likeness (QED) is 0.469. The molecule has 9 heteroatoms. The Morgan fingerprint density at radius 3 is 3.07 bits per heavy atom. The van der Waals surface area contributed by atoms with Crippen molar-refractivity contribution in [2.45, 2.75) is 26.3 Å². The Morgan fingerprint density at radius 2 is 2.30 bits per heavy atom. The van der Waals surface area contributed by atoms with Crippen LogP contribution in [-0.4, -0.2) is 25.7 Å². The smallest absolute Gasteiger partial charge is 0.226 e. The number of hydrogen-bond donors (Lipinski definition) is 2. The first-order valence-electron chi connectivity index (χ1n) is 8.52. The number of thiophene rings is 1. The van der Waals surface area contributed by atoms with E-state index in [0.29, 0.717) is 22.9 Å². The lowest BCUT2D eigenvalue weighted by atomic mass is 10.2. The second kappa shape index (κ2) is 7.45. The summed E-state index contributed by atoms with van der Waals surface area (Å²) < 4.78 is 7.93. The predicted molar refractivity (Wildman–Crippen MR) is 107 cm³/mol. The molecule has 0 fully saturated rings. The highest BCUT2D eigenvalue weighted by Crippen LogP contribution is 2.23. The van der Waals surface area contributed by atoms with Gasteiger partial charge in [0.05, 0.1) is 4.88 Å². The lowest BCUT2D eigenvalue weighted by Gasteiger charge is -2.07. The second-order valence-electron chi connectivity index (χ2n) is 5.92. The van der Waals surface area contributed by atoms with Crippen LogP contribution in [0.5, 0.6) is 0 Å². The molecule has 4 rings (SSSR count). The van der Waals surface area contributed by atoms with Crippen LogP contribution in [-0.2, 0) is 17.8 Å². The number of aromatic nitrogens is 4. The number of carbonyl (C=O) groups excluding carboxylic acids is 1. The summed E-state index contributed by atoms with van der Waals surface area (Å²) in [5.74, 6) is 1.33. The SMILES string of the molecule is CCc1nc2cc(NC(=O)CCn3c(-c4cccs4)n[nH]c3=S)ccc2o1. The average Bonchev–Trinajstić information content (AvgIpc) is 3.39. The fourth-order valence-electron chi connectivity index (χ4n) is 2.76. The summed E-state index contributed by atoms with van der Waals surface area (Å²) in [6, 6.07) is 9.38. The van der Waals surface area contributed by atoms with E-state index >= 15 is 0 Å². The Labute approximate surface area is 164 Å². The third-order valence-corrected chi connectivity index (χ3v) is 5.26. The van der Waals surface area contributed by atoms with Crippen LogP contribution in [0.2, 0.25) is 0 Å². The normalized spacial score (nSPS) is 11.1. The van der Waals surface area contributed by atoms with Crippen molar-refractivity contribution in [3.05, 3.63) is 46.4 Å². The molecule has 1 amide bonds. The zero-order valence-electron chi connectivity index (χ0n) is 14.6. The fourth-order valence-corrected chi connectivity index (χ4v) is 3.71. The summed E-state index contributed by atoms with van der Waals surface area (Å²) in [7, 11) is 0. The number of aromatic amines is 1. The van der Waals surface area contributed by atoms with E-state index in [1.54, 1.807) is 11.3 Å². The van der Waals surface area contributed by atoms with Gasteiger partial charge in [-0.3, -0.25) is 14.5 Å². The molecule has 2 N–H and O–H groups in total. The van der Waals surface area contributed by atoms with E-state index in [1.807, 2.05) is 47.2 Å². The molecule has 1 aromatic carbocycles. The van der Waals surface area contributed by atoms with E-state index < -0.39 is 0 Å². The molecule has 27 heavy (non-hydrogen) atoms. The van der Waals surface area contributed by atoms with Crippen LogP contribution in [0.4, 0.5) is 5.69 Å². The van der Waals surface area contributed by atoms with Crippen molar-refractivity contribution in [3.8, 4) is 10.7 Å². The molecule has 0 spiro atoms. The number of aryl methyl sites for hydroxylation is 1. The van der Waals surface area contributed by atoms with Crippen LogP contribution < -0.4 is 5.32 Å². The largest absolute Gasteiger partial charge is 0.441 e. The van der Waals surface area contributed by atoms with Crippen molar-refractivity contribution in [2.75, 3.05) is 5.32 Å². The van der Waals surface area contributed by atoms with Gasteiger partial charge in [-0.05, 0) is 41.9 Å². The molecule has 0 aliphatic heterocycles. The van der Waals surface area contributed by atoms with E-state index in [2.05, 4.69) is 20.5 Å². The van der Waals surface area contributed by atoms with Crippen molar-refractivity contribution in [1.82, 2.24) is 19.7 Å². The maximum atomic E-state index is 12.4. The lowest BCUT2D eigenvalue weighted by Crippen LogP contribution is -2.15. The molecule has 0 aliphatic rings. The van der Waals surface area contributed by atoms with Crippen LogP contribution in [0.3, 0.4) is 0 Å². The Hall–Kier alpha value is -2.78. The highest BCUT2D eigenvalue weighted by Gasteiger charge is 2.12. The number of carbonyl (C=O) groups is 1. The summed E-state index contributed by atoms with van der Waals surface area (Å²) >= 11 is 6.87. The summed E-state index contributed by atoms with van der Waals surface area (Å²) in [5.41, 5.74) is 2.15. The number of oxazole rings is 1. The van der Waals surface area contributed by atoms with Crippen molar-refractivity contribution in [2.24, 2.45) is 0 Å². The summed E-state index contributed by atoms with van der Waals surface area (Å²) in [6.45, 7) is 2.43. The molecule has 138 valence electrons. The molecular weight excluding hydrogens is 382 g/mol. The summed E-state index contributed by atoms with van der Waals surface area (Å²) in [6.07, 6.45) is 1.01.